The molecule has 1 N–H and O–H groups in total. The van der Waals surface area contributed by atoms with E-state index in [0.717, 1.165) is 36.4 Å². The zero-order valence-electron chi connectivity index (χ0n) is 12.7. The van der Waals surface area contributed by atoms with Crippen LogP contribution in [0.15, 0.2) is 42.5 Å². The van der Waals surface area contributed by atoms with Crippen LogP contribution in [0.3, 0.4) is 0 Å². The van der Waals surface area contributed by atoms with Crippen LogP contribution < -0.4 is 10.1 Å². The first-order chi connectivity index (χ1) is 10.2. The van der Waals surface area contributed by atoms with E-state index < -0.39 is 0 Å². The number of halogens is 1. The van der Waals surface area contributed by atoms with Crippen molar-refractivity contribution < 1.29 is 9.13 Å². The van der Waals surface area contributed by atoms with Crippen molar-refractivity contribution >= 4 is 0 Å². The van der Waals surface area contributed by atoms with Gasteiger partial charge in [0.15, 0.2) is 0 Å². The number of hydrogen-bond acceptors (Lipinski definition) is 2. The van der Waals surface area contributed by atoms with E-state index in [0.29, 0.717) is 5.56 Å². The van der Waals surface area contributed by atoms with Crippen molar-refractivity contribution in [2.45, 2.75) is 33.4 Å². The molecule has 0 aromatic heterocycles. The molecular formula is C18H22FNO. The third-order valence-electron chi connectivity index (χ3n) is 3.34. The largest absolute Gasteiger partial charge is 0.489 e. The zero-order chi connectivity index (χ0) is 15.1. The molecule has 2 rings (SSSR count). The van der Waals surface area contributed by atoms with Crippen molar-refractivity contribution in [1.82, 2.24) is 5.32 Å². The van der Waals surface area contributed by atoms with E-state index in [1.54, 1.807) is 0 Å². The van der Waals surface area contributed by atoms with Gasteiger partial charge in [0.2, 0.25) is 0 Å². The van der Waals surface area contributed by atoms with Gasteiger partial charge in [0.25, 0.3) is 0 Å². The molecule has 3 heteroatoms. The van der Waals surface area contributed by atoms with Crippen LogP contribution in [-0.4, -0.2) is 6.54 Å². The molecule has 2 aromatic carbocycles. The maximum Gasteiger partial charge on any atom is 0.129 e. The highest BCUT2D eigenvalue weighted by atomic mass is 19.1. The summed E-state index contributed by atoms with van der Waals surface area (Å²) in [6.45, 7) is 6.08. The summed E-state index contributed by atoms with van der Waals surface area (Å²) in [6.07, 6.45) is 1.09. The van der Waals surface area contributed by atoms with Gasteiger partial charge >= 0.3 is 0 Å². The monoisotopic (exact) mass is 287 g/mol. The van der Waals surface area contributed by atoms with Gasteiger partial charge in [0, 0.05) is 12.1 Å². The number of nitrogens with one attached hydrogen (secondary N) is 1. The molecule has 0 unspecified atom stereocenters. The van der Waals surface area contributed by atoms with Crippen LogP contribution in [0.25, 0.3) is 0 Å². The van der Waals surface area contributed by atoms with Gasteiger partial charge in [0.1, 0.15) is 18.2 Å². The lowest BCUT2D eigenvalue weighted by Gasteiger charge is -2.11. The number of hydrogen-bond donors (Lipinski definition) is 1. The van der Waals surface area contributed by atoms with E-state index in [1.807, 2.05) is 43.3 Å². The summed E-state index contributed by atoms with van der Waals surface area (Å²) in [5, 5.41) is 3.32. The van der Waals surface area contributed by atoms with Gasteiger partial charge in [-0.15, -0.1) is 0 Å². The van der Waals surface area contributed by atoms with Crippen molar-refractivity contribution in [2.75, 3.05) is 6.54 Å². The minimum absolute atomic E-state index is 0.220. The topological polar surface area (TPSA) is 21.3 Å². The maximum absolute atomic E-state index is 13.9. The van der Waals surface area contributed by atoms with Crippen molar-refractivity contribution in [3.63, 3.8) is 0 Å². The smallest absolute Gasteiger partial charge is 0.129 e. The Kier molecular flexibility index (Phi) is 5.76. The molecule has 0 saturated heterocycles. The highest BCUT2D eigenvalue weighted by Gasteiger charge is 2.06. The Morgan fingerprint density at radius 2 is 1.95 bits per heavy atom. The Bertz CT molecular complexity index is 583. The van der Waals surface area contributed by atoms with Crippen LogP contribution in [0, 0.1) is 12.7 Å². The molecule has 0 radical (unpaired) electrons. The molecule has 0 atom stereocenters. The summed E-state index contributed by atoms with van der Waals surface area (Å²) < 4.78 is 19.6. The van der Waals surface area contributed by atoms with Gasteiger partial charge in [-0.25, -0.2) is 4.39 Å². The minimum Gasteiger partial charge on any atom is -0.489 e. The Morgan fingerprint density at radius 1 is 1.14 bits per heavy atom. The molecule has 0 aliphatic rings. The fraction of sp³-hybridized carbons (Fsp3) is 0.333. The van der Waals surface area contributed by atoms with E-state index in [1.165, 1.54) is 6.07 Å². The van der Waals surface area contributed by atoms with Crippen molar-refractivity contribution in [2.24, 2.45) is 0 Å². The van der Waals surface area contributed by atoms with E-state index >= 15 is 0 Å². The second-order valence-corrected chi connectivity index (χ2v) is 5.16. The zero-order valence-corrected chi connectivity index (χ0v) is 12.7. The molecule has 0 heterocycles. The molecule has 21 heavy (non-hydrogen) atoms. The fourth-order valence-corrected chi connectivity index (χ4v) is 2.13. The number of aryl methyl sites for hydroxylation is 1. The minimum atomic E-state index is -0.220. The Labute approximate surface area is 126 Å². The highest BCUT2D eigenvalue weighted by molar-refractivity contribution is 5.32. The first kappa shape index (κ1) is 15.5. The lowest BCUT2D eigenvalue weighted by molar-refractivity contribution is 0.297. The van der Waals surface area contributed by atoms with E-state index in [4.69, 9.17) is 4.74 Å². The number of benzene rings is 2. The first-order valence-corrected chi connectivity index (χ1v) is 7.37. The Balaban J connectivity index is 2.02. The Morgan fingerprint density at radius 3 is 2.71 bits per heavy atom. The molecule has 0 bridgehead atoms. The predicted octanol–water partition coefficient (Wildman–Crippen LogP) is 4.21. The van der Waals surface area contributed by atoms with Crippen molar-refractivity contribution in [3.8, 4) is 5.75 Å². The quantitative estimate of drug-likeness (QED) is 0.770. The van der Waals surface area contributed by atoms with E-state index in [-0.39, 0.29) is 12.4 Å². The van der Waals surface area contributed by atoms with Gasteiger partial charge in [-0.2, -0.15) is 0 Å². The third kappa shape index (κ3) is 4.57. The van der Waals surface area contributed by atoms with Gasteiger partial charge in [-0.05, 0) is 49.2 Å². The molecule has 0 spiro atoms. The van der Waals surface area contributed by atoms with Gasteiger partial charge in [-0.1, -0.05) is 31.2 Å². The normalized spacial score (nSPS) is 10.6. The molecule has 0 aliphatic carbocycles. The third-order valence-corrected chi connectivity index (χ3v) is 3.34. The summed E-state index contributed by atoms with van der Waals surface area (Å²) >= 11 is 0. The summed E-state index contributed by atoms with van der Waals surface area (Å²) in [5.74, 6) is 0.578. The molecule has 0 fully saturated rings. The van der Waals surface area contributed by atoms with Gasteiger partial charge in [-0.3, -0.25) is 0 Å². The Hall–Kier alpha value is -1.87. The lowest BCUT2D eigenvalue weighted by atomic mass is 10.1. The standard InChI is InChI=1S/C18H22FNO/c1-3-10-20-12-15-8-9-17(19)16(11-15)13-21-18-7-5-4-6-14(18)2/h4-9,11,20H,3,10,12-13H2,1-2H3. The predicted molar refractivity (Wildman–Crippen MR) is 83.9 cm³/mol. The van der Waals surface area contributed by atoms with Gasteiger partial charge < -0.3 is 10.1 Å². The summed E-state index contributed by atoms with van der Waals surface area (Å²) in [7, 11) is 0. The summed E-state index contributed by atoms with van der Waals surface area (Å²) in [5.41, 5.74) is 2.72. The second-order valence-electron chi connectivity index (χ2n) is 5.16. The van der Waals surface area contributed by atoms with Crippen LogP contribution in [0.4, 0.5) is 4.39 Å². The van der Waals surface area contributed by atoms with E-state index in [9.17, 15) is 4.39 Å². The summed E-state index contributed by atoms with van der Waals surface area (Å²) in [4.78, 5) is 0. The SMILES string of the molecule is CCCNCc1ccc(F)c(COc2ccccc2C)c1. The lowest BCUT2D eigenvalue weighted by Crippen LogP contribution is -2.14. The second kappa shape index (κ2) is 7.79. The average molecular weight is 287 g/mol. The number of ether oxygens (including phenoxy) is 1. The van der Waals surface area contributed by atoms with E-state index in [2.05, 4.69) is 12.2 Å². The van der Waals surface area contributed by atoms with Crippen LogP contribution >= 0.6 is 0 Å². The van der Waals surface area contributed by atoms with Gasteiger partial charge in [0.05, 0.1) is 0 Å². The first-order valence-electron chi connectivity index (χ1n) is 7.37. The average Bonchev–Trinajstić information content (AvgIpc) is 2.49. The molecular weight excluding hydrogens is 265 g/mol. The number of rotatable bonds is 7. The molecule has 0 saturated carbocycles. The van der Waals surface area contributed by atoms with Crippen molar-refractivity contribution in [3.05, 3.63) is 65.0 Å². The molecule has 0 amide bonds. The van der Waals surface area contributed by atoms with Crippen LogP contribution in [0.5, 0.6) is 5.75 Å². The molecule has 2 nitrogen and oxygen atoms in total. The molecule has 112 valence electrons. The van der Waals surface area contributed by atoms with Crippen LogP contribution in [0.1, 0.15) is 30.0 Å². The molecule has 2 aromatic rings. The fourth-order valence-electron chi connectivity index (χ4n) is 2.13. The number of para-hydroxylation sites is 1. The summed E-state index contributed by atoms with van der Waals surface area (Å²) in [6, 6.07) is 13.0. The molecule has 0 aliphatic heterocycles. The maximum atomic E-state index is 13.9. The van der Waals surface area contributed by atoms with Crippen LogP contribution in [-0.2, 0) is 13.2 Å². The van der Waals surface area contributed by atoms with Crippen molar-refractivity contribution in [1.29, 1.82) is 0 Å². The highest BCUT2D eigenvalue weighted by Crippen LogP contribution is 2.19. The van der Waals surface area contributed by atoms with Crippen LogP contribution in [0.2, 0.25) is 0 Å².